The predicted octanol–water partition coefficient (Wildman–Crippen LogP) is 6.87. The second-order valence-corrected chi connectivity index (χ2v) is 10.5. The molecule has 37 heavy (non-hydrogen) atoms. The van der Waals surface area contributed by atoms with Gasteiger partial charge in [-0.1, -0.05) is 66.4 Å². The number of carbonyl (C=O) groups excluding carboxylic acids is 1. The summed E-state index contributed by atoms with van der Waals surface area (Å²) < 4.78 is 21.6. The highest BCUT2D eigenvalue weighted by molar-refractivity contribution is 8.26. The number of nitrogens with zero attached hydrogens (tertiary/aromatic N) is 3. The van der Waals surface area contributed by atoms with Crippen LogP contribution in [-0.4, -0.2) is 30.9 Å². The van der Waals surface area contributed by atoms with E-state index >= 15 is 0 Å². The molecule has 0 atom stereocenters. The van der Waals surface area contributed by atoms with Gasteiger partial charge in [0.15, 0.2) is 0 Å². The molecule has 0 bridgehead atoms. The molecule has 1 aliphatic heterocycles. The lowest BCUT2D eigenvalue weighted by Gasteiger charge is -2.18. The smallest absolute Gasteiger partial charge is 0.266 e. The molecule has 5 rings (SSSR count). The van der Waals surface area contributed by atoms with E-state index in [9.17, 15) is 9.18 Å². The lowest BCUT2D eigenvalue weighted by Crippen LogP contribution is -2.34. The monoisotopic (exact) mass is 529 g/mol. The van der Waals surface area contributed by atoms with Gasteiger partial charge >= 0.3 is 0 Å². The van der Waals surface area contributed by atoms with Crippen molar-refractivity contribution in [3.8, 4) is 22.7 Å². The third-order valence-corrected chi connectivity index (χ3v) is 7.15. The summed E-state index contributed by atoms with van der Waals surface area (Å²) in [6.45, 7) is 4.21. The first-order valence-corrected chi connectivity index (χ1v) is 13.0. The highest BCUT2D eigenvalue weighted by atomic mass is 32.2. The number of thioether (sulfide) groups is 1. The van der Waals surface area contributed by atoms with Crippen LogP contribution in [0.4, 0.5) is 4.39 Å². The fourth-order valence-electron chi connectivity index (χ4n) is 3.98. The number of para-hydroxylation sites is 1. The average Bonchev–Trinajstić information content (AvgIpc) is 3.44. The van der Waals surface area contributed by atoms with Gasteiger partial charge in [-0.15, -0.1) is 0 Å². The van der Waals surface area contributed by atoms with E-state index in [-0.39, 0.29) is 17.8 Å². The molecule has 5 nitrogen and oxygen atoms in total. The van der Waals surface area contributed by atoms with Gasteiger partial charge in [0.05, 0.1) is 10.6 Å². The Morgan fingerprint density at radius 1 is 1.05 bits per heavy atom. The molecule has 1 fully saturated rings. The fraction of sp³-hybridized carbons (Fsp3) is 0.138. The van der Waals surface area contributed by atoms with Crippen molar-refractivity contribution in [3.63, 3.8) is 0 Å². The number of benzene rings is 3. The minimum Gasteiger partial charge on any atom is -0.489 e. The molecular formula is C29H24FN3O2S2. The van der Waals surface area contributed by atoms with Crippen molar-refractivity contribution in [2.45, 2.75) is 26.5 Å². The Morgan fingerprint density at radius 3 is 2.51 bits per heavy atom. The Morgan fingerprint density at radius 2 is 1.81 bits per heavy atom. The van der Waals surface area contributed by atoms with Crippen LogP contribution < -0.4 is 4.74 Å². The highest BCUT2D eigenvalue weighted by Gasteiger charge is 2.34. The van der Waals surface area contributed by atoms with Crippen LogP contribution in [0.3, 0.4) is 0 Å². The van der Waals surface area contributed by atoms with Gasteiger partial charge in [0.1, 0.15) is 28.2 Å². The summed E-state index contributed by atoms with van der Waals surface area (Å²) in [7, 11) is 0. The van der Waals surface area contributed by atoms with E-state index in [4.69, 9.17) is 22.1 Å². The number of rotatable bonds is 7. The predicted molar refractivity (Wildman–Crippen MR) is 150 cm³/mol. The summed E-state index contributed by atoms with van der Waals surface area (Å²) in [5, 5.41) is 4.87. The molecule has 186 valence electrons. The molecule has 0 saturated carbocycles. The molecule has 4 aromatic rings. The molecule has 0 radical (unpaired) electrons. The van der Waals surface area contributed by atoms with Crippen LogP contribution in [-0.2, 0) is 11.4 Å². The van der Waals surface area contributed by atoms with Gasteiger partial charge in [0.2, 0.25) is 0 Å². The summed E-state index contributed by atoms with van der Waals surface area (Å²) in [6, 6.07) is 23.7. The summed E-state index contributed by atoms with van der Waals surface area (Å²) in [6.07, 6.45) is 3.77. The van der Waals surface area contributed by atoms with E-state index in [1.165, 1.54) is 23.9 Å². The second-order valence-electron chi connectivity index (χ2n) is 8.80. The number of carbonyl (C=O) groups is 1. The maximum atomic E-state index is 13.2. The third kappa shape index (κ3) is 5.50. The number of aromatic nitrogens is 2. The van der Waals surface area contributed by atoms with E-state index in [0.717, 1.165) is 22.4 Å². The lowest BCUT2D eigenvalue weighted by atomic mass is 10.1. The average molecular weight is 530 g/mol. The number of hydrogen-bond acceptors (Lipinski definition) is 5. The number of ether oxygens (including phenoxy) is 1. The minimum absolute atomic E-state index is 0.0140. The Labute approximate surface area is 224 Å². The zero-order chi connectivity index (χ0) is 25.9. The number of thiocarbonyl (C=S) groups is 1. The van der Waals surface area contributed by atoms with Gasteiger partial charge < -0.3 is 4.74 Å². The molecule has 0 aliphatic carbocycles. The van der Waals surface area contributed by atoms with Crippen molar-refractivity contribution in [1.29, 1.82) is 0 Å². The fourth-order valence-corrected chi connectivity index (χ4v) is 5.49. The van der Waals surface area contributed by atoms with Crippen molar-refractivity contribution >= 4 is 40.3 Å². The van der Waals surface area contributed by atoms with Crippen molar-refractivity contribution in [1.82, 2.24) is 14.7 Å². The molecule has 1 amide bonds. The molecule has 0 unspecified atom stereocenters. The normalized spacial score (nSPS) is 14.7. The maximum Gasteiger partial charge on any atom is 0.266 e. The van der Waals surface area contributed by atoms with Gasteiger partial charge in [0, 0.05) is 23.4 Å². The SMILES string of the molecule is CC(C)N1C(=O)/C(=C\c2cn(-c3ccccc3)nc2-c2cccc(OCc3ccc(F)cc3)c2)SC1=S. The Kier molecular flexibility index (Phi) is 7.21. The summed E-state index contributed by atoms with van der Waals surface area (Å²) in [4.78, 5) is 15.3. The Hall–Kier alpha value is -3.75. The zero-order valence-corrected chi connectivity index (χ0v) is 21.9. The standard InChI is InChI=1S/C29H24FN3O2S2/c1-19(2)33-28(34)26(37-29(33)36)16-22-17-32(24-8-4-3-5-9-24)31-27(22)21-7-6-10-25(15-21)35-18-20-11-13-23(30)14-12-20/h3-17,19H,18H2,1-2H3/b26-16+. The largest absolute Gasteiger partial charge is 0.489 e. The highest BCUT2D eigenvalue weighted by Crippen LogP contribution is 2.36. The van der Waals surface area contributed by atoms with E-state index in [0.29, 0.717) is 27.3 Å². The lowest BCUT2D eigenvalue weighted by molar-refractivity contribution is -0.123. The first-order valence-electron chi connectivity index (χ1n) is 11.8. The Bertz CT molecular complexity index is 1480. The zero-order valence-electron chi connectivity index (χ0n) is 20.3. The van der Waals surface area contributed by atoms with Crippen molar-refractivity contribution < 1.29 is 13.9 Å². The van der Waals surface area contributed by atoms with E-state index in [1.807, 2.05) is 80.7 Å². The topological polar surface area (TPSA) is 47.4 Å². The van der Waals surface area contributed by atoms with Crippen LogP contribution >= 0.6 is 24.0 Å². The molecule has 1 aromatic heterocycles. The minimum atomic E-state index is -0.280. The molecule has 8 heteroatoms. The van der Waals surface area contributed by atoms with Gasteiger partial charge in [-0.3, -0.25) is 9.69 Å². The van der Waals surface area contributed by atoms with Gasteiger partial charge in [-0.05, 0) is 61.9 Å². The summed E-state index contributed by atoms with van der Waals surface area (Å²) >= 11 is 6.76. The molecule has 1 aliphatic rings. The Balaban J connectivity index is 1.50. The van der Waals surface area contributed by atoms with E-state index in [2.05, 4.69) is 0 Å². The molecule has 2 heterocycles. The van der Waals surface area contributed by atoms with Crippen LogP contribution in [0.15, 0.2) is 90.0 Å². The van der Waals surface area contributed by atoms with Gasteiger partial charge in [-0.25, -0.2) is 9.07 Å². The molecular weight excluding hydrogens is 505 g/mol. The van der Waals surface area contributed by atoms with Crippen LogP contribution in [0, 0.1) is 5.82 Å². The first-order chi connectivity index (χ1) is 17.9. The van der Waals surface area contributed by atoms with Crippen molar-refractivity contribution in [2.75, 3.05) is 0 Å². The summed E-state index contributed by atoms with van der Waals surface area (Å²) in [5.74, 6) is 0.283. The molecule has 0 spiro atoms. The van der Waals surface area contributed by atoms with Crippen molar-refractivity contribution in [3.05, 3.63) is 107 Å². The van der Waals surface area contributed by atoms with Crippen LogP contribution in [0.2, 0.25) is 0 Å². The van der Waals surface area contributed by atoms with Crippen molar-refractivity contribution in [2.24, 2.45) is 0 Å². The quantitative estimate of drug-likeness (QED) is 0.193. The molecule has 0 N–H and O–H groups in total. The van der Waals surface area contributed by atoms with Gasteiger partial charge in [-0.2, -0.15) is 5.10 Å². The molecule has 1 saturated heterocycles. The van der Waals surface area contributed by atoms with E-state index in [1.54, 1.807) is 21.7 Å². The van der Waals surface area contributed by atoms with Crippen LogP contribution in [0.5, 0.6) is 5.75 Å². The second kappa shape index (κ2) is 10.7. The third-order valence-electron chi connectivity index (χ3n) is 5.82. The first kappa shape index (κ1) is 24.9. The van der Waals surface area contributed by atoms with Crippen LogP contribution in [0.25, 0.3) is 23.0 Å². The van der Waals surface area contributed by atoms with E-state index < -0.39 is 0 Å². The summed E-state index contributed by atoms with van der Waals surface area (Å²) in [5.41, 5.74) is 4.13. The maximum absolute atomic E-state index is 13.2. The number of hydrogen-bond donors (Lipinski definition) is 0. The molecule has 3 aromatic carbocycles. The van der Waals surface area contributed by atoms with Gasteiger partial charge in [0.25, 0.3) is 5.91 Å². The van der Waals surface area contributed by atoms with Crippen LogP contribution in [0.1, 0.15) is 25.0 Å². The number of amides is 1. The number of halogens is 1.